The number of nitrogens with zero attached hydrogens (tertiary/aromatic N) is 4. The summed E-state index contributed by atoms with van der Waals surface area (Å²) in [6, 6.07) is 12.1. The van der Waals surface area contributed by atoms with Gasteiger partial charge in [-0.25, -0.2) is 14.1 Å². The first-order valence-corrected chi connectivity index (χ1v) is 10.9. The van der Waals surface area contributed by atoms with Gasteiger partial charge in [0, 0.05) is 18.4 Å². The lowest BCUT2D eigenvalue weighted by Gasteiger charge is -2.03. The van der Waals surface area contributed by atoms with Gasteiger partial charge in [-0.3, -0.25) is 9.89 Å². The van der Waals surface area contributed by atoms with Gasteiger partial charge in [0.25, 0.3) is 0 Å². The number of aromatic nitrogens is 5. The van der Waals surface area contributed by atoms with Crippen molar-refractivity contribution in [2.75, 3.05) is 5.32 Å². The Morgan fingerprint density at radius 3 is 2.68 bits per heavy atom. The van der Waals surface area contributed by atoms with E-state index in [1.54, 1.807) is 23.0 Å². The van der Waals surface area contributed by atoms with Crippen LogP contribution in [0.4, 0.5) is 10.2 Å². The van der Waals surface area contributed by atoms with E-state index in [0.717, 1.165) is 5.56 Å². The summed E-state index contributed by atoms with van der Waals surface area (Å²) < 4.78 is 20.7. The van der Waals surface area contributed by atoms with E-state index in [2.05, 4.69) is 45.5 Å². The number of halogens is 1. The summed E-state index contributed by atoms with van der Waals surface area (Å²) in [6.07, 6.45) is 2.24. The molecular formula is C25H23FN6O2. The fraction of sp³-hybridized carbons (Fsp3) is 0.200. The molecule has 0 aliphatic heterocycles. The zero-order valence-corrected chi connectivity index (χ0v) is 19.0. The summed E-state index contributed by atoms with van der Waals surface area (Å²) in [5, 5.41) is 15.2. The number of nitrogens with one attached hydrogen (secondary N) is 2. The van der Waals surface area contributed by atoms with Crippen LogP contribution in [0, 0.1) is 26.6 Å². The van der Waals surface area contributed by atoms with Crippen LogP contribution in [0.3, 0.4) is 0 Å². The van der Waals surface area contributed by atoms with E-state index in [4.69, 9.17) is 4.42 Å². The molecule has 2 aromatic carbocycles. The highest BCUT2D eigenvalue weighted by Crippen LogP contribution is 2.27. The third kappa shape index (κ3) is 4.07. The standard InChI is InChI=1S/C25H23FN6O2/c1-14-4-5-17(12-15(14)2)20-13-27-22(34-20)11-10-21(33)28-24-23-16(3)31-32(25(23)30-29-24)19-8-6-18(26)7-9-19/h4-9,12-13H,10-11H2,1-3H3,(H2,28,29,30,33). The molecule has 5 rings (SSSR count). The van der Waals surface area contributed by atoms with Crippen LogP contribution in [0.2, 0.25) is 0 Å². The first-order valence-electron chi connectivity index (χ1n) is 10.9. The number of H-pyrrole nitrogens is 1. The Kier molecular flexibility index (Phi) is 5.45. The second-order valence-electron chi connectivity index (χ2n) is 8.24. The van der Waals surface area contributed by atoms with Crippen molar-refractivity contribution >= 4 is 22.8 Å². The number of aromatic amines is 1. The van der Waals surface area contributed by atoms with Crippen LogP contribution in [-0.4, -0.2) is 30.9 Å². The van der Waals surface area contributed by atoms with E-state index in [1.807, 2.05) is 19.1 Å². The molecule has 0 spiro atoms. The number of hydrogen-bond donors (Lipinski definition) is 2. The van der Waals surface area contributed by atoms with Gasteiger partial charge in [0.1, 0.15) is 11.6 Å². The molecule has 1 amide bonds. The van der Waals surface area contributed by atoms with Crippen molar-refractivity contribution in [3.8, 4) is 17.0 Å². The zero-order valence-electron chi connectivity index (χ0n) is 19.0. The third-order valence-electron chi connectivity index (χ3n) is 5.81. The van der Waals surface area contributed by atoms with Crippen LogP contribution in [0.5, 0.6) is 0 Å². The van der Waals surface area contributed by atoms with E-state index < -0.39 is 0 Å². The Bertz CT molecular complexity index is 1500. The van der Waals surface area contributed by atoms with E-state index in [-0.39, 0.29) is 18.1 Å². The van der Waals surface area contributed by atoms with Crippen molar-refractivity contribution in [2.24, 2.45) is 0 Å². The molecule has 3 heterocycles. The largest absolute Gasteiger partial charge is 0.441 e. The molecule has 3 aromatic heterocycles. The molecule has 0 fully saturated rings. The molecule has 0 aliphatic rings. The summed E-state index contributed by atoms with van der Waals surface area (Å²) in [4.78, 5) is 16.9. The maximum absolute atomic E-state index is 13.3. The van der Waals surface area contributed by atoms with Crippen molar-refractivity contribution in [1.82, 2.24) is 25.0 Å². The summed E-state index contributed by atoms with van der Waals surface area (Å²) in [5.41, 5.74) is 5.26. The number of anilines is 1. The molecule has 0 atom stereocenters. The van der Waals surface area contributed by atoms with E-state index in [9.17, 15) is 9.18 Å². The smallest absolute Gasteiger partial charge is 0.226 e. The number of oxazole rings is 1. The van der Waals surface area contributed by atoms with Gasteiger partial charge in [-0.2, -0.15) is 10.2 Å². The highest BCUT2D eigenvalue weighted by molar-refractivity contribution is 6.00. The fourth-order valence-electron chi connectivity index (χ4n) is 3.80. The highest BCUT2D eigenvalue weighted by Gasteiger charge is 2.18. The average molecular weight is 458 g/mol. The van der Waals surface area contributed by atoms with Gasteiger partial charge in [0.05, 0.1) is 23.0 Å². The lowest BCUT2D eigenvalue weighted by Crippen LogP contribution is -2.13. The van der Waals surface area contributed by atoms with Gasteiger partial charge in [-0.05, 0) is 62.2 Å². The van der Waals surface area contributed by atoms with E-state index in [0.29, 0.717) is 46.3 Å². The number of aryl methyl sites for hydroxylation is 4. The van der Waals surface area contributed by atoms with Gasteiger partial charge >= 0.3 is 0 Å². The highest BCUT2D eigenvalue weighted by atomic mass is 19.1. The SMILES string of the molecule is Cc1ccc(-c2cnc(CCC(=O)Nc3[nH]nc4c3c(C)nn4-c3ccc(F)cc3)o2)cc1C. The van der Waals surface area contributed by atoms with E-state index in [1.165, 1.54) is 23.3 Å². The second kappa shape index (κ2) is 8.58. The number of carbonyl (C=O) groups is 1. The van der Waals surface area contributed by atoms with Crippen LogP contribution in [0.25, 0.3) is 28.0 Å². The topological polar surface area (TPSA) is 102 Å². The average Bonchev–Trinajstić information content (AvgIpc) is 3.53. The van der Waals surface area contributed by atoms with Crippen molar-refractivity contribution < 1.29 is 13.6 Å². The number of amides is 1. The van der Waals surface area contributed by atoms with Crippen molar-refractivity contribution in [1.29, 1.82) is 0 Å². The molecule has 172 valence electrons. The van der Waals surface area contributed by atoms with Gasteiger partial charge in [-0.1, -0.05) is 12.1 Å². The minimum absolute atomic E-state index is 0.193. The maximum atomic E-state index is 13.3. The molecule has 9 heteroatoms. The number of fused-ring (bicyclic) bond motifs is 1. The summed E-state index contributed by atoms with van der Waals surface area (Å²) >= 11 is 0. The second-order valence-corrected chi connectivity index (χ2v) is 8.24. The third-order valence-corrected chi connectivity index (χ3v) is 5.81. The Morgan fingerprint density at radius 1 is 1.12 bits per heavy atom. The van der Waals surface area contributed by atoms with Crippen molar-refractivity contribution in [3.05, 3.63) is 77.2 Å². The van der Waals surface area contributed by atoms with Gasteiger partial charge in [0.15, 0.2) is 17.3 Å². The van der Waals surface area contributed by atoms with Gasteiger partial charge < -0.3 is 9.73 Å². The fourth-order valence-corrected chi connectivity index (χ4v) is 3.80. The summed E-state index contributed by atoms with van der Waals surface area (Å²) in [7, 11) is 0. The number of hydrogen-bond acceptors (Lipinski definition) is 5. The van der Waals surface area contributed by atoms with Crippen LogP contribution in [-0.2, 0) is 11.2 Å². The molecule has 0 saturated heterocycles. The Morgan fingerprint density at radius 2 is 1.91 bits per heavy atom. The van der Waals surface area contributed by atoms with Crippen LogP contribution >= 0.6 is 0 Å². The van der Waals surface area contributed by atoms with Gasteiger partial charge in [0.2, 0.25) is 5.91 Å². The van der Waals surface area contributed by atoms with Crippen molar-refractivity contribution in [2.45, 2.75) is 33.6 Å². The predicted octanol–water partition coefficient (Wildman–Crippen LogP) is 5.04. The van der Waals surface area contributed by atoms with Crippen LogP contribution < -0.4 is 5.32 Å². The number of benzene rings is 2. The lowest BCUT2D eigenvalue weighted by molar-refractivity contribution is -0.116. The Labute approximate surface area is 194 Å². The van der Waals surface area contributed by atoms with Crippen LogP contribution in [0.15, 0.2) is 53.1 Å². The van der Waals surface area contributed by atoms with E-state index >= 15 is 0 Å². The molecule has 8 nitrogen and oxygen atoms in total. The molecule has 34 heavy (non-hydrogen) atoms. The maximum Gasteiger partial charge on any atom is 0.226 e. The molecule has 0 bridgehead atoms. The molecule has 0 saturated carbocycles. The first-order chi connectivity index (χ1) is 16.4. The van der Waals surface area contributed by atoms with Crippen LogP contribution in [0.1, 0.15) is 29.1 Å². The van der Waals surface area contributed by atoms with Gasteiger partial charge in [-0.15, -0.1) is 0 Å². The molecule has 0 unspecified atom stereocenters. The zero-order chi connectivity index (χ0) is 23.8. The summed E-state index contributed by atoms with van der Waals surface area (Å²) in [5.74, 6) is 1.11. The molecular weight excluding hydrogens is 435 g/mol. The Hall–Kier alpha value is -4.27. The Balaban J connectivity index is 1.27. The summed E-state index contributed by atoms with van der Waals surface area (Å²) in [6.45, 7) is 5.94. The molecule has 2 N–H and O–H groups in total. The minimum atomic E-state index is -0.328. The molecule has 0 radical (unpaired) electrons. The molecule has 0 aliphatic carbocycles. The van der Waals surface area contributed by atoms with Crippen molar-refractivity contribution in [3.63, 3.8) is 0 Å². The predicted molar refractivity (Wildman–Crippen MR) is 126 cm³/mol. The quantitative estimate of drug-likeness (QED) is 0.371. The minimum Gasteiger partial charge on any atom is -0.441 e. The number of rotatable bonds is 6. The first kappa shape index (κ1) is 21.6. The molecule has 5 aromatic rings. The lowest BCUT2D eigenvalue weighted by atomic mass is 10.1. The number of carbonyl (C=O) groups excluding carboxylic acids is 1. The monoisotopic (exact) mass is 458 g/mol. The normalized spacial score (nSPS) is 11.3.